The lowest BCUT2D eigenvalue weighted by molar-refractivity contribution is 0.0935. The molecule has 3 aromatic rings. The number of nitrogens with zero attached hydrogens (tertiary/aromatic N) is 3. The minimum absolute atomic E-state index is 0.0683. The molecule has 5 nitrogen and oxygen atoms in total. The van der Waals surface area contributed by atoms with Crippen molar-refractivity contribution in [3.8, 4) is 5.69 Å². The summed E-state index contributed by atoms with van der Waals surface area (Å²) >= 11 is 6.06. The van der Waals surface area contributed by atoms with Gasteiger partial charge < -0.3 is 5.32 Å². The summed E-state index contributed by atoms with van der Waals surface area (Å²) in [5, 5.41) is 7.78. The van der Waals surface area contributed by atoms with Gasteiger partial charge in [-0.25, -0.2) is 14.1 Å². The smallest absolute Gasteiger partial charge is 0.291 e. The Morgan fingerprint density at radius 3 is 2.59 bits per heavy atom. The number of carbonyl (C=O) groups excluding carboxylic acids is 1. The Hall–Kier alpha value is -2.73. The molecule has 2 aromatic carbocycles. The fraction of sp³-hybridized carbons (Fsp3) is 0.250. The van der Waals surface area contributed by atoms with E-state index in [0.717, 1.165) is 5.56 Å². The first-order valence-electron chi connectivity index (χ1n) is 8.50. The standard InChI is InChI=1S/C20H20ClFN4O/c1-13-24-18(25-26(13)17-9-7-16(22)8-10-17)19(27)23-12-20(2,3)14-5-4-6-15(21)11-14/h4-11H,12H2,1-3H3,(H,23,27). The van der Waals surface area contributed by atoms with Crippen molar-refractivity contribution in [3.05, 3.63) is 76.6 Å². The van der Waals surface area contributed by atoms with Crippen molar-refractivity contribution >= 4 is 17.5 Å². The number of hydrogen-bond donors (Lipinski definition) is 1. The first kappa shape index (κ1) is 19.0. The molecule has 0 spiro atoms. The molecule has 0 bridgehead atoms. The van der Waals surface area contributed by atoms with Crippen LogP contribution in [0.3, 0.4) is 0 Å². The largest absolute Gasteiger partial charge is 0.348 e. The molecule has 0 aliphatic heterocycles. The van der Waals surface area contributed by atoms with E-state index in [9.17, 15) is 9.18 Å². The third-order valence-corrected chi connectivity index (χ3v) is 4.58. The molecule has 0 saturated carbocycles. The number of nitrogens with one attached hydrogen (secondary N) is 1. The number of benzene rings is 2. The van der Waals surface area contributed by atoms with Gasteiger partial charge in [-0.3, -0.25) is 4.79 Å². The van der Waals surface area contributed by atoms with Crippen LogP contribution in [0.15, 0.2) is 48.5 Å². The van der Waals surface area contributed by atoms with Crippen molar-refractivity contribution in [2.24, 2.45) is 0 Å². The van der Waals surface area contributed by atoms with Crippen LogP contribution in [0.5, 0.6) is 0 Å². The molecule has 0 saturated heterocycles. The summed E-state index contributed by atoms with van der Waals surface area (Å²) < 4.78 is 14.6. The Bertz CT molecular complexity index is 966. The molecular formula is C20H20ClFN4O. The SMILES string of the molecule is Cc1nc(C(=O)NCC(C)(C)c2cccc(Cl)c2)nn1-c1ccc(F)cc1. The van der Waals surface area contributed by atoms with Gasteiger partial charge in [-0.15, -0.1) is 5.10 Å². The minimum atomic E-state index is -0.367. The summed E-state index contributed by atoms with van der Waals surface area (Å²) in [6.45, 7) is 6.18. The van der Waals surface area contributed by atoms with Crippen LogP contribution >= 0.6 is 11.6 Å². The average Bonchev–Trinajstić information content (AvgIpc) is 3.02. The quantitative estimate of drug-likeness (QED) is 0.718. The number of aromatic nitrogens is 3. The molecule has 1 aromatic heterocycles. The molecule has 0 radical (unpaired) electrons. The van der Waals surface area contributed by atoms with E-state index in [0.29, 0.717) is 23.1 Å². The highest BCUT2D eigenvalue weighted by atomic mass is 35.5. The molecule has 27 heavy (non-hydrogen) atoms. The minimum Gasteiger partial charge on any atom is -0.348 e. The summed E-state index contributed by atoms with van der Waals surface area (Å²) in [5.74, 6) is -0.0913. The second kappa shape index (κ2) is 7.48. The predicted octanol–water partition coefficient (Wildman–Crippen LogP) is 4.08. The van der Waals surface area contributed by atoms with E-state index in [-0.39, 0.29) is 23.0 Å². The van der Waals surface area contributed by atoms with Gasteiger partial charge in [-0.05, 0) is 48.9 Å². The second-order valence-electron chi connectivity index (χ2n) is 6.95. The maximum atomic E-state index is 13.1. The second-order valence-corrected chi connectivity index (χ2v) is 7.38. The maximum Gasteiger partial charge on any atom is 0.291 e. The number of amides is 1. The van der Waals surface area contributed by atoms with Gasteiger partial charge in [0.05, 0.1) is 5.69 Å². The van der Waals surface area contributed by atoms with Crippen molar-refractivity contribution < 1.29 is 9.18 Å². The van der Waals surface area contributed by atoms with Crippen molar-refractivity contribution in [1.82, 2.24) is 20.1 Å². The van der Waals surface area contributed by atoms with Gasteiger partial charge in [0.15, 0.2) is 0 Å². The van der Waals surface area contributed by atoms with E-state index >= 15 is 0 Å². The zero-order valence-electron chi connectivity index (χ0n) is 15.3. The lowest BCUT2D eigenvalue weighted by atomic mass is 9.84. The van der Waals surface area contributed by atoms with Crippen LogP contribution in [0, 0.1) is 12.7 Å². The normalized spacial score (nSPS) is 11.4. The Labute approximate surface area is 162 Å². The van der Waals surface area contributed by atoms with Crippen LogP contribution in [0.2, 0.25) is 5.02 Å². The van der Waals surface area contributed by atoms with Crippen molar-refractivity contribution in [1.29, 1.82) is 0 Å². The van der Waals surface area contributed by atoms with Crippen molar-refractivity contribution in [2.45, 2.75) is 26.2 Å². The number of halogens is 2. The molecule has 1 N–H and O–H groups in total. The molecule has 0 atom stereocenters. The molecule has 140 valence electrons. The Kier molecular flexibility index (Phi) is 5.28. The molecule has 0 fully saturated rings. The van der Waals surface area contributed by atoms with Crippen LogP contribution in [-0.4, -0.2) is 27.2 Å². The van der Waals surface area contributed by atoms with Gasteiger partial charge in [0.1, 0.15) is 11.6 Å². The first-order valence-corrected chi connectivity index (χ1v) is 8.88. The molecule has 1 amide bonds. The number of aryl methyl sites for hydroxylation is 1. The van der Waals surface area contributed by atoms with E-state index in [1.54, 1.807) is 19.1 Å². The van der Waals surface area contributed by atoms with E-state index in [2.05, 4.69) is 15.4 Å². The van der Waals surface area contributed by atoms with E-state index < -0.39 is 0 Å². The Morgan fingerprint density at radius 2 is 1.93 bits per heavy atom. The van der Waals surface area contributed by atoms with E-state index in [1.807, 2.05) is 38.1 Å². The molecule has 0 unspecified atom stereocenters. The van der Waals surface area contributed by atoms with Crippen LogP contribution in [0.4, 0.5) is 4.39 Å². The zero-order chi connectivity index (χ0) is 19.6. The lowest BCUT2D eigenvalue weighted by Gasteiger charge is -2.25. The average molecular weight is 387 g/mol. The summed E-state index contributed by atoms with van der Waals surface area (Å²) in [7, 11) is 0. The van der Waals surface area contributed by atoms with E-state index in [1.165, 1.54) is 16.8 Å². The fourth-order valence-corrected chi connectivity index (χ4v) is 2.90. The van der Waals surface area contributed by atoms with Crippen LogP contribution in [-0.2, 0) is 5.41 Å². The van der Waals surface area contributed by atoms with Crippen molar-refractivity contribution in [3.63, 3.8) is 0 Å². The highest BCUT2D eigenvalue weighted by Gasteiger charge is 2.23. The first-order chi connectivity index (χ1) is 12.8. The zero-order valence-corrected chi connectivity index (χ0v) is 16.1. The van der Waals surface area contributed by atoms with Crippen LogP contribution in [0.25, 0.3) is 5.69 Å². The van der Waals surface area contributed by atoms with Gasteiger partial charge in [0, 0.05) is 17.0 Å². The van der Waals surface area contributed by atoms with Crippen LogP contribution in [0.1, 0.15) is 35.9 Å². The summed E-state index contributed by atoms with van der Waals surface area (Å²) in [6.07, 6.45) is 0. The molecular weight excluding hydrogens is 367 g/mol. The summed E-state index contributed by atoms with van der Waals surface area (Å²) in [5.41, 5.74) is 1.35. The highest BCUT2D eigenvalue weighted by molar-refractivity contribution is 6.30. The number of hydrogen-bond acceptors (Lipinski definition) is 3. The van der Waals surface area contributed by atoms with Gasteiger partial charge in [0.25, 0.3) is 5.91 Å². The fourth-order valence-electron chi connectivity index (χ4n) is 2.70. The molecule has 7 heteroatoms. The predicted molar refractivity (Wildman–Crippen MR) is 103 cm³/mol. The van der Waals surface area contributed by atoms with Crippen LogP contribution < -0.4 is 5.32 Å². The van der Waals surface area contributed by atoms with Gasteiger partial charge in [-0.2, -0.15) is 0 Å². The molecule has 3 rings (SSSR count). The topological polar surface area (TPSA) is 59.8 Å². The monoisotopic (exact) mass is 386 g/mol. The number of rotatable bonds is 5. The van der Waals surface area contributed by atoms with Crippen molar-refractivity contribution in [2.75, 3.05) is 6.54 Å². The molecule has 0 aliphatic carbocycles. The molecule has 1 heterocycles. The van der Waals surface area contributed by atoms with E-state index in [4.69, 9.17) is 11.6 Å². The third kappa shape index (κ3) is 4.34. The lowest BCUT2D eigenvalue weighted by Crippen LogP contribution is -2.37. The number of carbonyl (C=O) groups is 1. The summed E-state index contributed by atoms with van der Waals surface area (Å²) in [6, 6.07) is 13.4. The van der Waals surface area contributed by atoms with Gasteiger partial charge in [0.2, 0.25) is 5.82 Å². The van der Waals surface area contributed by atoms with Gasteiger partial charge >= 0.3 is 0 Å². The van der Waals surface area contributed by atoms with Gasteiger partial charge in [-0.1, -0.05) is 37.6 Å². The maximum absolute atomic E-state index is 13.1. The Balaban J connectivity index is 1.73. The highest BCUT2D eigenvalue weighted by Crippen LogP contribution is 2.25. The Morgan fingerprint density at radius 1 is 1.22 bits per heavy atom. The third-order valence-electron chi connectivity index (χ3n) is 4.34. The molecule has 0 aliphatic rings. The summed E-state index contributed by atoms with van der Waals surface area (Å²) in [4.78, 5) is 16.7.